The van der Waals surface area contributed by atoms with E-state index in [-0.39, 0.29) is 6.61 Å². The van der Waals surface area contributed by atoms with Crippen molar-refractivity contribution in [3.8, 4) is 0 Å². The van der Waals surface area contributed by atoms with E-state index in [0.717, 1.165) is 0 Å². The zero-order chi connectivity index (χ0) is 5.70. The standard InChI is InChI=1S/C5H11FO/c1-5(6)3-2-4-7/h5,7H,2-4H2,1H3. The lowest BCUT2D eigenvalue weighted by molar-refractivity contribution is 0.253. The van der Waals surface area contributed by atoms with Crippen LogP contribution >= 0.6 is 0 Å². The molecule has 0 aromatic heterocycles. The van der Waals surface area contributed by atoms with E-state index >= 15 is 0 Å². The van der Waals surface area contributed by atoms with Crippen molar-refractivity contribution in [1.82, 2.24) is 0 Å². The number of rotatable bonds is 3. The molecule has 0 bridgehead atoms. The van der Waals surface area contributed by atoms with Crippen molar-refractivity contribution in [2.75, 3.05) is 6.61 Å². The van der Waals surface area contributed by atoms with Crippen molar-refractivity contribution >= 4 is 0 Å². The molecule has 0 radical (unpaired) electrons. The summed E-state index contributed by atoms with van der Waals surface area (Å²) < 4.78 is 11.8. The topological polar surface area (TPSA) is 20.2 Å². The Morgan fingerprint density at radius 3 is 2.43 bits per heavy atom. The molecule has 0 aliphatic carbocycles. The summed E-state index contributed by atoms with van der Waals surface area (Å²) in [6.07, 6.45) is 0.306. The highest BCUT2D eigenvalue weighted by Crippen LogP contribution is 1.97. The molecule has 1 nitrogen and oxygen atoms in total. The number of alkyl halides is 1. The van der Waals surface area contributed by atoms with Crippen LogP contribution in [0.15, 0.2) is 0 Å². The maximum atomic E-state index is 11.8. The van der Waals surface area contributed by atoms with Crippen molar-refractivity contribution in [1.29, 1.82) is 0 Å². The van der Waals surface area contributed by atoms with E-state index in [2.05, 4.69) is 0 Å². The third kappa shape index (κ3) is 5.89. The number of halogens is 1. The summed E-state index contributed by atoms with van der Waals surface area (Å²) >= 11 is 0. The van der Waals surface area contributed by atoms with E-state index in [1.807, 2.05) is 0 Å². The van der Waals surface area contributed by atoms with E-state index in [9.17, 15) is 4.39 Å². The van der Waals surface area contributed by atoms with Crippen molar-refractivity contribution in [2.24, 2.45) is 0 Å². The fourth-order valence-corrected chi connectivity index (χ4v) is 0.373. The smallest absolute Gasteiger partial charge is 0.0974 e. The molecule has 0 spiro atoms. The van der Waals surface area contributed by atoms with Gasteiger partial charge in [0.2, 0.25) is 0 Å². The second kappa shape index (κ2) is 4.06. The average Bonchev–Trinajstić information content (AvgIpc) is 1.61. The molecule has 0 aliphatic heterocycles. The highest BCUT2D eigenvalue weighted by molar-refractivity contribution is 4.44. The largest absolute Gasteiger partial charge is 0.396 e. The minimum absolute atomic E-state index is 0.105. The summed E-state index contributed by atoms with van der Waals surface area (Å²) in [5.41, 5.74) is 0. The molecular weight excluding hydrogens is 95.1 g/mol. The zero-order valence-corrected chi connectivity index (χ0v) is 4.52. The van der Waals surface area contributed by atoms with Crippen LogP contribution in [0.1, 0.15) is 19.8 Å². The van der Waals surface area contributed by atoms with Gasteiger partial charge in [0.05, 0.1) is 6.17 Å². The van der Waals surface area contributed by atoms with Crippen LogP contribution in [0.25, 0.3) is 0 Å². The van der Waals surface area contributed by atoms with Gasteiger partial charge in [-0.05, 0) is 19.8 Å². The molecule has 1 atom stereocenters. The van der Waals surface area contributed by atoms with Gasteiger partial charge in [0.25, 0.3) is 0 Å². The van der Waals surface area contributed by atoms with Crippen LogP contribution in [0, 0.1) is 0 Å². The van der Waals surface area contributed by atoms with Gasteiger partial charge in [-0.15, -0.1) is 0 Å². The lowest BCUT2D eigenvalue weighted by Gasteiger charge is -1.94. The molecule has 0 aliphatic rings. The summed E-state index contributed by atoms with van der Waals surface area (Å²) in [6.45, 7) is 1.60. The Bertz CT molecular complexity index is 37.1. The Morgan fingerprint density at radius 2 is 2.29 bits per heavy atom. The molecule has 0 aromatic rings. The fraction of sp³-hybridized carbons (Fsp3) is 1.00. The molecule has 0 fully saturated rings. The van der Waals surface area contributed by atoms with Gasteiger partial charge in [-0.2, -0.15) is 0 Å². The Labute approximate surface area is 43.2 Å². The Hall–Kier alpha value is -0.110. The summed E-state index contributed by atoms with van der Waals surface area (Å²) in [4.78, 5) is 0. The molecule has 0 amide bonds. The van der Waals surface area contributed by atoms with Gasteiger partial charge >= 0.3 is 0 Å². The van der Waals surface area contributed by atoms with Crippen molar-refractivity contribution in [2.45, 2.75) is 25.9 Å². The van der Waals surface area contributed by atoms with E-state index in [1.165, 1.54) is 6.92 Å². The highest BCUT2D eigenvalue weighted by atomic mass is 19.1. The molecule has 0 heterocycles. The summed E-state index contributed by atoms with van der Waals surface area (Å²) in [5.74, 6) is 0. The fourth-order valence-electron chi connectivity index (χ4n) is 0.373. The van der Waals surface area contributed by atoms with Crippen LogP contribution in [0.5, 0.6) is 0 Å². The van der Waals surface area contributed by atoms with Crippen LogP contribution in [-0.2, 0) is 0 Å². The van der Waals surface area contributed by atoms with Crippen molar-refractivity contribution in [3.05, 3.63) is 0 Å². The van der Waals surface area contributed by atoms with Crippen molar-refractivity contribution < 1.29 is 9.50 Å². The first-order valence-electron chi connectivity index (χ1n) is 2.52. The van der Waals surface area contributed by atoms with E-state index < -0.39 is 6.17 Å². The van der Waals surface area contributed by atoms with E-state index in [0.29, 0.717) is 12.8 Å². The second-order valence-corrected chi connectivity index (χ2v) is 1.65. The first kappa shape index (κ1) is 6.89. The van der Waals surface area contributed by atoms with Gasteiger partial charge in [-0.3, -0.25) is 0 Å². The molecule has 0 saturated carbocycles. The quantitative estimate of drug-likeness (QED) is 0.571. The van der Waals surface area contributed by atoms with Gasteiger partial charge < -0.3 is 5.11 Å². The van der Waals surface area contributed by atoms with Crippen LogP contribution < -0.4 is 0 Å². The highest BCUT2D eigenvalue weighted by Gasteiger charge is 1.93. The maximum absolute atomic E-state index is 11.8. The molecule has 0 aromatic carbocycles. The van der Waals surface area contributed by atoms with Gasteiger partial charge in [0, 0.05) is 6.61 Å². The Kier molecular flexibility index (Phi) is 4.00. The van der Waals surface area contributed by atoms with Gasteiger partial charge in [-0.25, -0.2) is 4.39 Å². The number of hydrogen-bond acceptors (Lipinski definition) is 1. The average molecular weight is 106 g/mol. The zero-order valence-electron chi connectivity index (χ0n) is 4.52. The van der Waals surface area contributed by atoms with Crippen LogP contribution in [0.3, 0.4) is 0 Å². The number of aliphatic hydroxyl groups is 1. The number of aliphatic hydroxyl groups excluding tert-OH is 1. The van der Waals surface area contributed by atoms with Gasteiger partial charge in [0.1, 0.15) is 0 Å². The molecule has 0 saturated heterocycles. The Balaban J connectivity index is 2.68. The summed E-state index contributed by atoms with van der Waals surface area (Å²) in [6, 6.07) is 0. The van der Waals surface area contributed by atoms with Crippen LogP contribution in [0.2, 0.25) is 0 Å². The molecule has 0 rings (SSSR count). The third-order valence-corrected chi connectivity index (χ3v) is 0.760. The van der Waals surface area contributed by atoms with Gasteiger partial charge in [0.15, 0.2) is 0 Å². The molecule has 44 valence electrons. The molecule has 1 unspecified atom stereocenters. The van der Waals surface area contributed by atoms with Crippen LogP contribution in [0.4, 0.5) is 4.39 Å². The molecule has 2 heteroatoms. The predicted octanol–water partition coefficient (Wildman–Crippen LogP) is 1.12. The van der Waals surface area contributed by atoms with Crippen LogP contribution in [-0.4, -0.2) is 17.9 Å². The normalized spacial score (nSPS) is 14.1. The minimum atomic E-state index is -0.757. The lowest BCUT2D eigenvalue weighted by Crippen LogP contribution is -1.93. The lowest BCUT2D eigenvalue weighted by atomic mass is 10.2. The van der Waals surface area contributed by atoms with Gasteiger partial charge in [-0.1, -0.05) is 0 Å². The molecule has 7 heavy (non-hydrogen) atoms. The maximum Gasteiger partial charge on any atom is 0.0974 e. The minimum Gasteiger partial charge on any atom is -0.396 e. The summed E-state index contributed by atoms with van der Waals surface area (Å²) in [7, 11) is 0. The van der Waals surface area contributed by atoms with Crippen molar-refractivity contribution in [3.63, 3.8) is 0 Å². The second-order valence-electron chi connectivity index (χ2n) is 1.65. The SMILES string of the molecule is CC(F)CCCO. The number of hydrogen-bond donors (Lipinski definition) is 1. The third-order valence-electron chi connectivity index (χ3n) is 0.760. The predicted molar refractivity (Wildman–Crippen MR) is 26.9 cm³/mol. The molecule has 1 N–H and O–H groups in total. The first-order chi connectivity index (χ1) is 3.27. The summed E-state index contributed by atoms with van der Waals surface area (Å²) in [5, 5.41) is 8.15. The van der Waals surface area contributed by atoms with E-state index in [1.54, 1.807) is 0 Å². The molecular formula is C5H11FO. The van der Waals surface area contributed by atoms with E-state index in [4.69, 9.17) is 5.11 Å². The Morgan fingerprint density at radius 1 is 1.71 bits per heavy atom. The first-order valence-corrected chi connectivity index (χ1v) is 2.52. The monoisotopic (exact) mass is 106 g/mol.